The molecule has 2 amide bonds. The molecule has 188 valence electrons. The molecule has 0 bridgehead atoms. The van der Waals surface area contributed by atoms with Crippen molar-refractivity contribution in [1.82, 2.24) is 29.3 Å². The smallest absolute Gasteiger partial charge is 0.324 e. The number of nitrogens with zero attached hydrogens (tertiary/aromatic N) is 5. The molecule has 2 aromatic carbocycles. The van der Waals surface area contributed by atoms with E-state index in [9.17, 15) is 9.59 Å². The van der Waals surface area contributed by atoms with E-state index in [4.69, 9.17) is 4.74 Å². The SMILES string of the molecule is CCN(CC)C(=O)Nc1nc2ccc(-c3ccc4ncn(CCN5CCOCC5)c(=O)c4c3)cc2[nH]1. The first kappa shape index (κ1) is 24.0. The van der Waals surface area contributed by atoms with E-state index in [0.717, 1.165) is 55.0 Å². The molecular formula is C26H31N7O3. The van der Waals surface area contributed by atoms with Crippen LogP contribution in [0, 0.1) is 0 Å². The first-order valence-corrected chi connectivity index (χ1v) is 12.4. The molecule has 2 N–H and O–H groups in total. The first-order chi connectivity index (χ1) is 17.6. The van der Waals surface area contributed by atoms with Crippen molar-refractivity contribution in [3.63, 3.8) is 0 Å². The normalized spacial score (nSPS) is 14.4. The van der Waals surface area contributed by atoms with Crippen LogP contribution >= 0.6 is 0 Å². The third kappa shape index (κ3) is 4.95. The number of hydrogen-bond acceptors (Lipinski definition) is 6. The third-order valence-electron chi connectivity index (χ3n) is 6.68. The quantitative estimate of drug-likeness (QED) is 0.413. The molecule has 0 unspecified atom stereocenters. The summed E-state index contributed by atoms with van der Waals surface area (Å²) in [5.74, 6) is 0.407. The molecule has 5 rings (SSSR count). The molecule has 36 heavy (non-hydrogen) atoms. The lowest BCUT2D eigenvalue weighted by Gasteiger charge is -2.26. The Hall–Kier alpha value is -3.76. The molecule has 0 radical (unpaired) electrons. The van der Waals surface area contributed by atoms with Crippen LogP contribution in [0.3, 0.4) is 0 Å². The van der Waals surface area contributed by atoms with Gasteiger partial charge in [-0.05, 0) is 49.2 Å². The number of fused-ring (bicyclic) bond motifs is 2. The van der Waals surface area contributed by atoms with Gasteiger partial charge in [-0.2, -0.15) is 0 Å². The second-order valence-corrected chi connectivity index (χ2v) is 8.85. The fourth-order valence-electron chi connectivity index (χ4n) is 4.51. The van der Waals surface area contributed by atoms with Gasteiger partial charge in [0, 0.05) is 39.3 Å². The number of carbonyl (C=O) groups excluding carboxylic acids is 1. The van der Waals surface area contributed by atoms with Crippen LogP contribution in [0.1, 0.15) is 13.8 Å². The molecule has 0 spiro atoms. The Balaban J connectivity index is 1.39. The van der Waals surface area contributed by atoms with Crippen molar-refractivity contribution in [2.45, 2.75) is 20.4 Å². The maximum atomic E-state index is 13.2. The van der Waals surface area contributed by atoms with Gasteiger partial charge in [0.25, 0.3) is 5.56 Å². The van der Waals surface area contributed by atoms with E-state index >= 15 is 0 Å². The largest absolute Gasteiger partial charge is 0.379 e. The van der Waals surface area contributed by atoms with Crippen LogP contribution in [-0.4, -0.2) is 81.3 Å². The Kier molecular flexibility index (Phi) is 6.97. The van der Waals surface area contributed by atoms with Crippen molar-refractivity contribution in [2.75, 3.05) is 51.3 Å². The van der Waals surface area contributed by atoms with E-state index in [1.54, 1.807) is 15.8 Å². The maximum absolute atomic E-state index is 13.2. The van der Waals surface area contributed by atoms with E-state index in [0.29, 0.717) is 36.5 Å². The minimum Gasteiger partial charge on any atom is -0.379 e. The van der Waals surface area contributed by atoms with Crippen LogP contribution < -0.4 is 10.9 Å². The molecule has 3 heterocycles. The number of aromatic nitrogens is 4. The number of amides is 2. The minimum absolute atomic E-state index is 0.0425. The Morgan fingerprint density at radius 2 is 1.78 bits per heavy atom. The summed E-state index contributed by atoms with van der Waals surface area (Å²) in [5, 5.41) is 3.42. The second-order valence-electron chi connectivity index (χ2n) is 8.85. The van der Waals surface area contributed by atoms with Crippen LogP contribution in [-0.2, 0) is 11.3 Å². The summed E-state index contributed by atoms with van der Waals surface area (Å²) in [4.78, 5) is 41.8. The number of benzene rings is 2. The van der Waals surface area contributed by atoms with Gasteiger partial charge >= 0.3 is 6.03 Å². The van der Waals surface area contributed by atoms with E-state index < -0.39 is 0 Å². The van der Waals surface area contributed by atoms with Gasteiger partial charge in [0.2, 0.25) is 5.95 Å². The highest BCUT2D eigenvalue weighted by Gasteiger charge is 2.14. The summed E-state index contributed by atoms with van der Waals surface area (Å²) >= 11 is 0. The standard InChI is InChI=1S/C26H31N7O3/c1-3-32(4-2)26(35)30-25-28-22-8-6-19(16-23(22)29-25)18-5-7-21-20(15-18)24(34)33(17-27-21)10-9-31-11-13-36-14-12-31/h5-8,15-17H,3-4,9-14H2,1-2H3,(H2,28,29,30,35). The topological polar surface area (TPSA) is 108 Å². The minimum atomic E-state index is -0.189. The predicted molar refractivity (Wildman–Crippen MR) is 140 cm³/mol. The van der Waals surface area contributed by atoms with Gasteiger partial charge in [-0.15, -0.1) is 0 Å². The fraction of sp³-hybridized carbons (Fsp3) is 0.385. The van der Waals surface area contributed by atoms with Crippen molar-refractivity contribution in [3.8, 4) is 11.1 Å². The Morgan fingerprint density at radius 3 is 2.53 bits per heavy atom. The third-order valence-corrected chi connectivity index (χ3v) is 6.68. The molecule has 1 fully saturated rings. The summed E-state index contributed by atoms with van der Waals surface area (Å²) in [6.07, 6.45) is 1.63. The zero-order valence-electron chi connectivity index (χ0n) is 20.7. The van der Waals surface area contributed by atoms with Crippen molar-refractivity contribution in [3.05, 3.63) is 53.1 Å². The number of anilines is 1. The van der Waals surface area contributed by atoms with Crippen LogP contribution in [0.4, 0.5) is 10.7 Å². The number of imidazole rings is 1. The van der Waals surface area contributed by atoms with Gasteiger partial charge in [0.05, 0.1) is 41.5 Å². The number of ether oxygens (including phenoxy) is 1. The molecule has 10 nitrogen and oxygen atoms in total. The lowest BCUT2D eigenvalue weighted by molar-refractivity contribution is 0.0362. The van der Waals surface area contributed by atoms with E-state index in [-0.39, 0.29) is 11.6 Å². The summed E-state index contributed by atoms with van der Waals surface area (Å²) in [7, 11) is 0. The van der Waals surface area contributed by atoms with Gasteiger partial charge in [-0.3, -0.25) is 19.6 Å². The highest BCUT2D eigenvalue weighted by atomic mass is 16.5. The van der Waals surface area contributed by atoms with Crippen LogP contribution in [0.2, 0.25) is 0 Å². The second kappa shape index (κ2) is 10.5. The summed E-state index contributed by atoms with van der Waals surface area (Å²) in [6, 6.07) is 11.4. The summed E-state index contributed by atoms with van der Waals surface area (Å²) in [5.41, 5.74) is 4.04. The van der Waals surface area contributed by atoms with E-state index in [2.05, 4.69) is 25.2 Å². The number of urea groups is 1. The number of rotatable bonds is 7. The molecular weight excluding hydrogens is 458 g/mol. The number of carbonyl (C=O) groups is 1. The lowest BCUT2D eigenvalue weighted by atomic mass is 10.0. The Bertz CT molecular complexity index is 1430. The number of morpholine rings is 1. The van der Waals surface area contributed by atoms with Gasteiger partial charge < -0.3 is 14.6 Å². The zero-order valence-corrected chi connectivity index (χ0v) is 20.7. The van der Waals surface area contributed by atoms with Crippen molar-refractivity contribution >= 4 is 33.9 Å². The average Bonchev–Trinajstić information content (AvgIpc) is 3.31. The Morgan fingerprint density at radius 1 is 1.06 bits per heavy atom. The van der Waals surface area contributed by atoms with Crippen molar-refractivity contribution < 1.29 is 9.53 Å². The molecule has 1 aliphatic rings. The van der Waals surface area contributed by atoms with Crippen LogP contribution in [0.25, 0.3) is 33.1 Å². The van der Waals surface area contributed by atoms with Gasteiger partial charge in [-0.25, -0.2) is 14.8 Å². The molecule has 1 aliphatic heterocycles. The van der Waals surface area contributed by atoms with Gasteiger partial charge in [0.15, 0.2) is 0 Å². The fourth-order valence-corrected chi connectivity index (χ4v) is 4.51. The first-order valence-electron chi connectivity index (χ1n) is 12.4. The number of nitrogens with one attached hydrogen (secondary N) is 2. The molecule has 10 heteroatoms. The molecule has 1 saturated heterocycles. The lowest BCUT2D eigenvalue weighted by Crippen LogP contribution is -2.39. The summed E-state index contributed by atoms with van der Waals surface area (Å²) in [6.45, 7) is 9.74. The maximum Gasteiger partial charge on any atom is 0.324 e. The van der Waals surface area contributed by atoms with Gasteiger partial charge in [0.1, 0.15) is 0 Å². The highest BCUT2D eigenvalue weighted by Crippen LogP contribution is 2.26. The molecule has 0 atom stereocenters. The number of hydrogen-bond donors (Lipinski definition) is 2. The highest BCUT2D eigenvalue weighted by molar-refractivity contribution is 5.91. The van der Waals surface area contributed by atoms with Crippen molar-refractivity contribution in [2.24, 2.45) is 0 Å². The summed E-state index contributed by atoms with van der Waals surface area (Å²) < 4.78 is 7.09. The number of aromatic amines is 1. The number of H-pyrrole nitrogens is 1. The monoisotopic (exact) mass is 489 g/mol. The Labute approximate surface area is 208 Å². The molecule has 2 aromatic heterocycles. The van der Waals surface area contributed by atoms with E-state index in [1.807, 2.05) is 50.2 Å². The molecule has 0 saturated carbocycles. The zero-order chi connectivity index (χ0) is 25.1. The van der Waals surface area contributed by atoms with Crippen LogP contribution in [0.15, 0.2) is 47.5 Å². The predicted octanol–water partition coefficient (Wildman–Crippen LogP) is 3.15. The van der Waals surface area contributed by atoms with Gasteiger partial charge in [-0.1, -0.05) is 12.1 Å². The van der Waals surface area contributed by atoms with Crippen molar-refractivity contribution in [1.29, 1.82) is 0 Å². The molecule has 4 aromatic rings. The van der Waals surface area contributed by atoms with E-state index in [1.165, 1.54) is 0 Å². The van der Waals surface area contributed by atoms with Crippen LogP contribution in [0.5, 0.6) is 0 Å². The average molecular weight is 490 g/mol. The molecule has 0 aliphatic carbocycles.